The van der Waals surface area contributed by atoms with E-state index in [2.05, 4.69) is 27.2 Å². The average Bonchev–Trinajstić information content (AvgIpc) is 2.81. The quantitative estimate of drug-likeness (QED) is 0.881. The van der Waals surface area contributed by atoms with Crippen LogP contribution in [0.5, 0.6) is 6.01 Å². The Bertz CT molecular complexity index is 399. The molecule has 7 heteroatoms. The third kappa shape index (κ3) is 3.43. The highest BCUT2D eigenvalue weighted by molar-refractivity contribution is 6.28. The van der Waals surface area contributed by atoms with Crippen LogP contribution in [-0.2, 0) is 4.74 Å². The molecule has 1 aliphatic rings. The van der Waals surface area contributed by atoms with Crippen LogP contribution in [0.25, 0.3) is 0 Å². The van der Waals surface area contributed by atoms with Gasteiger partial charge in [-0.3, -0.25) is 0 Å². The van der Waals surface area contributed by atoms with Crippen molar-refractivity contribution in [2.45, 2.75) is 26.3 Å². The molecule has 0 aliphatic carbocycles. The van der Waals surface area contributed by atoms with Crippen molar-refractivity contribution in [2.75, 3.05) is 25.1 Å². The van der Waals surface area contributed by atoms with Gasteiger partial charge in [-0.15, -0.1) is 0 Å². The molecular weight excluding hydrogens is 256 g/mol. The minimum atomic E-state index is 0.130. The Balaban J connectivity index is 2.03. The fraction of sp³-hybridized carbons (Fsp3) is 0.727. The number of aromatic nitrogens is 3. The standard InChI is InChI=1S/C11H17ClN4O2/c1-3-18-11-15-9(12)14-10(16-11)13-7(2)8-4-5-17-6-8/h7-8H,3-6H2,1-2H3,(H,13,14,15,16). The van der Waals surface area contributed by atoms with E-state index in [9.17, 15) is 0 Å². The molecule has 0 amide bonds. The minimum Gasteiger partial charge on any atom is -0.464 e. The van der Waals surface area contributed by atoms with Crippen molar-refractivity contribution in [3.8, 4) is 6.01 Å². The number of nitrogens with zero attached hydrogens (tertiary/aromatic N) is 3. The zero-order valence-electron chi connectivity index (χ0n) is 10.5. The Hall–Kier alpha value is -1.14. The van der Waals surface area contributed by atoms with Crippen molar-refractivity contribution in [1.82, 2.24) is 15.0 Å². The summed E-state index contributed by atoms with van der Waals surface area (Å²) in [6, 6.07) is 0.468. The maximum atomic E-state index is 5.82. The molecule has 0 saturated carbocycles. The second-order valence-corrected chi connectivity index (χ2v) is 4.54. The average molecular weight is 273 g/mol. The Morgan fingerprint density at radius 3 is 3.00 bits per heavy atom. The summed E-state index contributed by atoms with van der Waals surface area (Å²) in [5, 5.41) is 3.35. The first-order valence-electron chi connectivity index (χ1n) is 6.07. The summed E-state index contributed by atoms with van der Waals surface area (Å²) in [5.74, 6) is 0.911. The Morgan fingerprint density at radius 2 is 2.33 bits per heavy atom. The Morgan fingerprint density at radius 1 is 1.50 bits per heavy atom. The fourth-order valence-corrected chi connectivity index (χ4v) is 2.01. The maximum absolute atomic E-state index is 5.82. The molecule has 2 heterocycles. The number of rotatable bonds is 5. The first-order valence-corrected chi connectivity index (χ1v) is 6.45. The molecule has 0 radical (unpaired) electrons. The van der Waals surface area contributed by atoms with Crippen LogP contribution in [0.15, 0.2) is 0 Å². The zero-order valence-corrected chi connectivity index (χ0v) is 11.3. The minimum absolute atomic E-state index is 0.130. The first-order chi connectivity index (χ1) is 8.69. The normalized spacial score (nSPS) is 20.7. The van der Waals surface area contributed by atoms with E-state index < -0.39 is 0 Å². The summed E-state index contributed by atoms with van der Waals surface area (Å²) >= 11 is 5.82. The highest BCUT2D eigenvalue weighted by atomic mass is 35.5. The van der Waals surface area contributed by atoms with Gasteiger partial charge in [-0.1, -0.05) is 0 Å². The lowest BCUT2D eigenvalue weighted by Gasteiger charge is -2.19. The Labute approximate surface area is 111 Å². The molecule has 2 atom stereocenters. The molecule has 1 aromatic rings. The highest BCUT2D eigenvalue weighted by Gasteiger charge is 2.23. The molecule has 2 unspecified atom stereocenters. The molecule has 0 bridgehead atoms. The molecular formula is C11H17ClN4O2. The monoisotopic (exact) mass is 272 g/mol. The van der Waals surface area contributed by atoms with E-state index in [1.54, 1.807) is 0 Å². The van der Waals surface area contributed by atoms with Crippen LogP contribution in [0.2, 0.25) is 5.28 Å². The summed E-state index contributed by atoms with van der Waals surface area (Å²) in [5.41, 5.74) is 0. The third-order valence-corrected chi connectivity index (χ3v) is 3.06. The summed E-state index contributed by atoms with van der Waals surface area (Å²) in [4.78, 5) is 12.1. The van der Waals surface area contributed by atoms with Gasteiger partial charge in [-0.05, 0) is 31.9 Å². The number of hydrogen-bond acceptors (Lipinski definition) is 6. The van der Waals surface area contributed by atoms with Gasteiger partial charge in [0.2, 0.25) is 11.2 Å². The van der Waals surface area contributed by atoms with Crippen LogP contribution in [0.3, 0.4) is 0 Å². The molecule has 0 aromatic carbocycles. The van der Waals surface area contributed by atoms with Crippen LogP contribution in [0.1, 0.15) is 20.3 Å². The maximum Gasteiger partial charge on any atom is 0.322 e. The number of nitrogens with one attached hydrogen (secondary N) is 1. The molecule has 0 spiro atoms. The van der Waals surface area contributed by atoms with E-state index in [4.69, 9.17) is 21.1 Å². The molecule has 1 aromatic heterocycles. The van der Waals surface area contributed by atoms with Gasteiger partial charge in [-0.25, -0.2) is 0 Å². The lowest BCUT2D eigenvalue weighted by Crippen LogP contribution is -2.27. The van der Waals surface area contributed by atoms with Crippen molar-refractivity contribution < 1.29 is 9.47 Å². The van der Waals surface area contributed by atoms with Gasteiger partial charge in [0, 0.05) is 18.6 Å². The molecule has 6 nitrogen and oxygen atoms in total. The summed E-state index contributed by atoms with van der Waals surface area (Å²) in [6.07, 6.45) is 1.05. The van der Waals surface area contributed by atoms with Gasteiger partial charge in [-0.2, -0.15) is 15.0 Å². The van der Waals surface area contributed by atoms with Gasteiger partial charge in [0.15, 0.2) is 0 Å². The highest BCUT2D eigenvalue weighted by Crippen LogP contribution is 2.20. The second kappa shape index (κ2) is 6.15. The van der Waals surface area contributed by atoms with Crippen LogP contribution in [-0.4, -0.2) is 40.8 Å². The fourth-order valence-electron chi connectivity index (χ4n) is 1.86. The summed E-state index contributed by atoms with van der Waals surface area (Å²) in [7, 11) is 0. The smallest absolute Gasteiger partial charge is 0.322 e. The largest absolute Gasteiger partial charge is 0.464 e. The van der Waals surface area contributed by atoms with Crippen molar-refractivity contribution in [3.63, 3.8) is 0 Å². The van der Waals surface area contributed by atoms with Crippen LogP contribution >= 0.6 is 11.6 Å². The van der Waals surface area contributed by atoms with Crippen molar-refractivity contribution in [3.05, 3.63) is 5.28 Å². The predicted octanol–water partition coefficient (Wildman–Crippen LogP) is 1.76. The number of hydrogen-bond donors (Lipinski definition) is 1. The molecule has 2 rings (SSSR count). The van der Waals surface area contributed by atoms with Gasteiger partial charge in [0.25, 0.3) is 0 Å². The van der Waals surface area contributed by atoms with Gasteiger partial charge >= 0.3 is 6.01 Å². The zero-order chi connectivity index (χ0) is 13.0. The summed E-state index contributed by atoms with van der Waals surface area (Å²) < 4.78 is 10.6. The van der Waals surface area contributed by atoms with E-state index in [1.807, 2.05) is 6.92 Å². The van der Waals surface area contributed by atoms with Gasteiger partial charge in [0.1, 0.15) is 0 Å². The number of halogens is 1. The summed E-state index contributed by atoms with van der Waals surface area (Å²) in [6.45, 7) is 6.02. The topological polar surface area (TPSA) is 69.2 Å². The molecule has 1 saturated heterocycles. The van der Waals surface area contributed by atoms with E-state index in [-0.39, 0.29) is 17.3 Å². The van der Waals surface area contributed by atoms with E-state index in [1.165, 1.54) is 0 Å². The van der Waals surface area contributed by atoms with Crippen molar-refractivity contribution in [1.29, 1.82) is 0 Å². The number of anilines is 1. The van der Waals surface area contributed by atoms with Crippen LogP contribution < -0.4 is 10.1 Å². The van der Waals surface area contributed by atoms with E-state index in [0.717, 1.165) is 19.6 Å². The van der Waals surface area contributed by atoms with Crippen LogP contribution in [0.4, 0.5) is 5.95 Å². The third-order valence-electron chi connectivity index (χ3n) is 2.89. The Kier molecular flexibility index (Phi) is 4.54. The molecule has 18 heavy (non-hydrogen) atoms. The van der Waals surface area contributed by atoms with Gasteiger partial charge in [0.05, 0.1) is 13.2 Å². The lowest BCUT2D eigenvalue weighted by molar-refractivity contribution is 0.183. The van der Waals surface area contributed by atoms with E-state index >= 15 is 0 Å². The predicted molar refractivity (Wildman–Crippen MR) is 68.0 cm³/mol. The number of ether oxygens (including phenoxy) is 2. The first kappa shape index (κ1) is 13.3. The van der Waals surface area contributed by atoms with Crippen molar-refractivity contribution >= 4 is 17.5 Å². The molecule has 1 aliphatic heterocycles. The van der Waals surface area contributed by atoms with Crippen LogP contribution in [0, 0.1) is 5.92 Å². The van der Waals surface area contributed by atoms with Gasteiger partial charge < -0.3 is 14.8 Å². The SMILES string of the molecule is CCOc1nc(Cl)nc(NC(C)C2CCOC2)n1. The lowest BCUT2D eigenvalue weighted by atomic mass is 10.0. The molecule has 100 valence electrons. The van der Waals surface area contributed by atoms with Crippen molar-refractivity contribution in [2.24, 2.45) is 5.92 Å². The molecule has 1 N–H and O–H groups in total. The molecule has 1 fully saturated rings. The van der Waals surface area contributed by atoms with E-state index in [0.29, 0.717) is 18.5 Å². The second-order valence-electron chi connectivity index (χ2n) is 4.20.